The maximum Gasteiger partial charge on any atom is 0.303 e. The van der Waals surface area contributed by atoms with Crippen LogP contribution >= 0.6 is 0 Å². The molecule has 0 rings (SSSR count). The van der Waals surface area contributed by atoms with E-state index in [0.29, 0.717) is 43.4 Å². The summed E-state index contributed by atoms with van der Waals surface area (Å²) in [7, 11) is 0. The third-order valence-corrected chi connectivity index (χ3v) is 6.68. The van der Waals surface area contributed by atoms with Gasteiger partial charge < -0.3 is 24.6 Å². The molecule has 204 valence electrons. The number of allylic oxidation sites excluding steroid dienone is 2. The molecule has 0 aromatic heterocycles. The minimum absolute atomic E-state index is 0.0209. The molecule has 35 heavy (non-hydrogen) atoms. The Kier molecular flexibility index (Phi) is 21.3. The number of hydrogen-bond donors (Lipinski definition) is 2. The highest BCUT2D eigenvalue weighted by molar-refractivity contribution is 5.66. The summed E-state index contributed by atoms with van der Waals surface area (Å²) >= 11 is 0. The van der Waals surface area contributed by atoms with E-state index < -0.39 is 17.9 Å². The fourth-order valence-electron chi connectivity index (χ4n) is 4.71. The van der Waals surface area contributed by atoms with Gasteiger partial charge in [-0.25, -0.2) is 0 Å². The van der Waals surface area contributed by atoms with Gasteiger partial charge in [0, 0.05) is 25.2 Å². The third-order valence-electron chi connectivity index (χ3n) is 6.68. The number of rotatable bonds is 26. The molecule has 0 aliphatic rings. The number of unbranched alkanes of at least 4 members (excludes halogenated alkanes) is 10. The van der Waals surface area contributed by atoms with Crippen molar-refractivity contribution in [1.29, 1.82) is 0 Å². The number of carbonyl (C=O) groups is 3. The van der Waals surface area contributed by atoms with Crippen LogP contribution in [0, 0.1) is 0 Å². The van der Waals surface area contributed by atoms with E-state index in [1.807, 2.05) is 0 Å². The van der Waals surface area contributed by atoms with Crippen LogP contribution in [0.3, 0.4) is 0 Å². The molecule has 0 saturated carbocycles. The molecule has 0 heterocycles. The van der Waals surface area contributed by atoms with Gasteiger partial charge in [0.05, 0.1) is 39.0 Å². The molecule has 0 aromatic carbocycles. The van der Waals surface area contributed by atoms with Gasteiger partial charge >= 0.3 is 11.9 Å². The molecule has 0 amide bonds. The minimum atomic E-state index is -1.08. The maximum atomic E-state index is 11.0. The molecular formula is C28H51NO6. The van der Waals surface area contributed by atoms with Crippen molar-refractivity contribution in [2.24, 2.45) is 0 Å². The van der Waals surface area contributed by atoms with E-state index >= 15 is 0 Å². The van der Waals surface area contributed by atoms with Crippen LogP contribution in [0.4, 0.5) is 0 Å². The van der Waals surface area contributed by atoms with Gasteiger partial charge in [-0.1, -0.05) is 64.0 Å². The first-order chi connectivity index (χ1) is 16.8. The SMILES string of the molecule is CCC/C=C/CCCCCCCCCCC[N+](CCCC(=O)[O-])(CCCC(=O)O)CCCC(=O)O. The van der Waals surface area contributed by atoms with Gasteiger partial charge in [0.2, 0.25) is 0 Å². The molecule has 0 radical (unpaired) electrons. The monoisotopic (exact) mass is 497 g/mol. The van der Waals surface area contributed by atoms with Gasteiger partial charge in [0.25, 0.3) is 0 Å². The first-order valence-corrected chi connectivity index (χ1v) is 13.9. The van der Waals surface area contributed by atoms with Gasteiger partial charge in [-0.2, -0.15) is 0 Å². The number of carbonyl (C=O) groups excluding carboxylic acids is 1. The Morgan fingerprint density at radius 1 is 0.600 bits per heavy atom. The zero-order chi connectivity index (χ0) is 26.2. The van der Waals surface area contributed by atoms with Crippen molar-refractivity contribution in [3.05, 3.63) is 12.2 Å². The number of aliphatic carboxylic acids is 3. The molecule has 0 fully saturated rings. The fraction of sp³-hybridized carbons (Fsp3) is 0.821. The van der Waals surface area contributed by atoms with Crippen LogP contribution in [0.5, 0.6) is 0 Å². The lowest BCUT2D eigenvalue weighted by Gasteiger charge is -2.39. The molecule has 0 unspecified atom stereocenters. The second-order valence-corrected chi connectivity index (χ2v) is 9.94. The highest BCUT2D eigenvalue weighted by Crippen LogP contribution is 2.18. The standard InChI is InChI=1S/C28H51NO6/c1-2-3-4-5-6-7-8-9-10-11-12-13-14-15-22-29(23-16-19-26(30)31,24-17-20-27(32)33)25-18-21-28(34)35/h4-5H,2-3,6-25H2,1H3,(H2-,30,31,32,33,34,35)/b5-4+. The largest absolute Gasteiger partial charge is 0.550 e. The quantitative estimate of drug-likeness (QED) is 0.0949. The highest BCUT2D eigenvalue weighted by atomic mass is 16.4. The second-order valence-electron chi connectivity index (χ2n) is 9.94. The van der Waals surface area contributed by atoms with Crippen LogP contribution in [0.25, 0.3) is 0 Å². The Morgan fingerprint density at radius 3 is 1.46 bits per heavy atom. The Morgan fingerprint density at radius 2 is 1.00 bits per heavy atom. The Bertz CT molecular complexity index is 540. The van der Waals surface area contributed by atoms with Crippen molar-refractivity contribution in [3.63, 3.8) is 0 Å². The first kappa shape index (κ1) is 33.1. The van der Waals surface area contributed by atoms with Gasteiger partial charge in [0.15, 0.2) is 0 Å². The van der Waals surface area contributed by atoms with E-state index in [1.165, 1.54) is 64.2 Å². The fourth-order valence-corrected chi connectivity index (χ4v) is 4.71. The average molecular weight is 498 g/mol. The lowest BCUT2D eigenvalue weighted by atomic mass is 10.0. The van der Waals surface area contributed by atoms with Crippen molar-refractivity contribution >= 4 is 17.9 Å². The van der Waals surface area contributed by atoms with Gasteiger partial charge in [-0.3, -0.25) is 9.59 Å². The Labute approximate surface area is 213 Å². The third kappa shape index (κ3) is 22.3. The van der Waals surface area contributed by atoms with E-state index in [0.717, 1.165) is 19.4 Å². The van der Waals surface area contributed by atoms with Crippen LogP contribution < -0.4 is 5.11 Å². The Balaban J connectivity index is 4.39. The molecule has 2 N–H and O–H groups in total. The van der Waals surface area contributed by atoms with Crippen molar-refractivity contribution < 1.29 is 34.2 Å². The van der Waals surface area contributed by atoms with Gasteiger partial charge in [-0.05, 0) is 38.5 Å². The number of carboxylic acid groups (broad SMARTS) is 3. The zero-order valence-corrected chi connectivity index (χ0v) is 22.2. The predicted octanol–water partition coefficient (Wildman–Crippen LogP) is 5.32. The lowest BCUT2D eigenvalue weighted by molar-refractivity contribution is -0.929. The number of nitrogens with zero attached hydrogens (tertiary/aromatic N) is 1. The summed E-state index contributed by atoms with van der Waals surface area (Å²) in [4.78, 5) is 32.9. The van der Waals surface area contributed by atoms with Gasteiger partial charge in [-0.15, -0.1) is 0 Å². The summed E-state index contributed by atoms with van der Waals surface area (Å²) in [6.45, 7) is 4.96. The van der Waals surface area contributed by atoms with Crippen molar-refractivity contribution in [2.75, 3.05) is 26.2 Å². The van der Waals surface area contributed by atoms with Crippen LogP contribution in [-0.4, -0.2) is 58.8 Å². The molecule has 0 atom stereocenters. The molecule has 0 spiro atoms. The van der Waals surface area contributed by atoms with E-state index in [2.05, 4.69) is 19.1 Å². The van der Waals surface area contributed by atoms with Gasteiger partial charge in [0.1, 0.15) is 0 Å². The summed E-state index contributed by atoms with van der Waals surface area (Å²) < 4.78 is 0.612. The second kappa shape index (κ2) is 22.6. The van der Waals surface area contributed by atoms with Crippen LogP contribution in [0.15, 0.2) is 12.2 Å². The van der Waals surface area contributed by atoms with E-state index in [4.69, 9.17) is 10.2 Å². The van der Waals surface area contributed by atoms with Crippen LogP contribution in [0.1, 0.15) is 122 Å². The molecule has 7 heteroatoms. The summed E-state index contributed by atoms with van der Waals surface area (Å²) in [5, 5.41) is 29.0. The summed E-state index contributed by atoms with van der Waals surface area (Å²) in [5.41, 5.74) is 0. The molecule has 0 aliphatic carbocycles. The normalized spacial score (nSPS) is 11.8. The minimum Gasteiger partial charge on any atom is -0.550 e. The molecular weight excluding hydrogens is 446 g/mol. The predicted molar refractivity (Wildman–Crippen MR) is 138 cm³/mol. The smallest absolute Gasteiger partial charge is 0.303 e. The number of hydrogen-bond acceptors (Lipinski definition) is 4. The van der Waals surface area contributed by atoms with Crippen molar-refractivity contribution in [2.45, 2.75) is 122 Å². The number of quaternary nitrogens is 1. The first-order valence-electron chi connectivity index (χ1n) is 13.9. The summed E-state index contributed by atoms with van der Waals surface area (Å²) in [5.74, 6) is -2.75. The molecule has 0 saturated heterocycles. The molecule has 0 aliphatic heterocycles. The van der Waals surface area contributed by atoms with E-state index in [9.17, 15) is 19.5 Å². The van der Waals surface area contributed by atoms with Crippen LogP contribution in [0.2, 0.25) is 0 Å². The van der Waals surface area contributed by atoms with Crippen LogP contribution in [-0.2, 0) is 14.4 Å². The maximum absolute atomic E-state index is 11.0. The average Bonchev–Trinajstić information content (AvgIpc) is 2.78. The molecule has 7 nitrogen and oxygen atoms in total. The van der Waals surface area contributed by atoms with Crippen molar-refractivity contribution in [3.8, 4) is 0 Å². The molecule has 0 bridgehead atoms. The van der Waals surface area contributed by atoms with E-state index in [1.54, 1.807) is 0 Å². The molecule has 0 aromatic rings. The summed E-state index contributed by atoms with van der Waals surface area (Å²) in [6.07, 6.45) is 20.7. The highest BCUT2D eigenvalue weighted by Gasteiger charge is 2.26. The zero-order valence-electron chi connectivity index (χ0n) is 22.2. The lowest BCUT2D eigenvalue weighted by Crippen LogP contribution is -2.51. The number of carboxylic acids is 3. The van der Waals surface area contributed by atoms with E-state index in [-0.39, 0.29) is 19.3 Å². The summed E-state index contributed by atoms with van der Waals surface area (Å²) in [6, 6.07) is 0. The van der Waals surface area contributed by atoms with Crippen molar-refractivity contribution in [1.82, 2.24) is 0 Å². The topological polar surface area (TPSA) is 115 Å². The Hall–Kier alpha value is -1.89.